The minimum Gasteiger partial charge on any atom is -0.309 e. The van der Waals surface area contributed by atoms with Gasteiger partial charge in [-0.2, -0.15) is 0 Å². The number of aryl methyl sites for hydroxylation is 2. The van der Waals surface area contributed by atoms with Crippen LogP contribution in [-0.2, 0) is 12.8 Å². The number of nitrogens with zero attached hydrogens (tertiary/aromatic N) is 2. The van der Waals surface area contributed by atoms with E-state index < -0.39 is 0 Å². The van der Waals surface area contributed by atoms with Crippen molar-refractivity contribution in [2.75, 3.05) is 6.54 Å². The standard InChI is InChI=1S/C16H23N3S/c1-4-10-17-15(16-14(5-2)18-19-20-16)11-13-8-6-12(3)7-9-13/h6-9,15,17H,4-5,10-11H2,1-3H3. The maximum Gasteiger partial charge on any atom is 0.0801 e. The molecule has 108 valence electrons. The Balaban J connectivity index is 2.17. The molecule has 0 spiro atoms. The molecule has 1 heterocycles. The molecule has 1 atom stereocenters. The van der Waals surface area contributed by atoms with Gasteiger partial charge >= 0.3 is 0 Å². The van der Waals surface area contributed by atoms with E-state index in [9.17, 15) is 0 Å². The molecule has 0 amide bonds. The molecule has 0 aliphatic carbocycles. The lowest BCUT2D eigenvalue weighted by molar-refractivity contribution is 0.532. The molecular weight excluding hydrogens is 266 g/mol. The van der Waals surface area contributed by atoms with E-state index in [2.05, 4.69) is 59.9 Å². The van der Waals surface area contributed by atoms with Gasteiger partial charge in [0.05, 0.1) is 10.6 Å². The summed E-state index contributed by atoms with van der Waals surface area (Å²) in [4.78, 5) is 1.29. The molecule has 1 aromatic heterocycles. The molecule has 1 N–H and O–H groups in total. The topological polar surface area (TPSA) is 37.8 Å². The summed E-state index contributed by atoms with van der Waals surface area (Å²) in [6, 6.07) is 9.12. The molecule has 0 aliphatic rings. The van der Waals surface area contributed by atoms with Crippen molar-refractivity contribution < 1.29 is 0 Å². The van der Waals surface area contributed by atoms with Crippen molar-refractivity contribution in [2.45, 2.75) is 46.1 Å². The van der Waals surface area contributed by atoms with E-state index in [0.717, 1.165) is 31.5 Å². The summed E-state index contributed by atoms with van der Waals surface area (Å²) in [6.45, 7) is 7.49. The van der Waals surface area contributed by atoms with E-state index >= 15 is 0 Å². The Morgan fingerprint density at radius 3 is 2.60 bits per heavy atom. The highest BCUT2D eigenvalue weighted by Crippen LogP contribution is 2.24. The summed E-state index contributed by atoms with van der Waals surface area (Å²) < 4.78 is 4.13. The van der Waals surface area contributed by atoms with Crippen LogP contribution in [0, 0.1) is 6.92 Å². The largest absolute Gasteiger partial charge is 0.309 e. The van der Waals surface area contributed by atoms with Crippen molar-refractivity contribution in [3.8, 4) is 0 Å². The molecule has 0 saturated carbocycles. The summed E-state index contributed by atoms with van der Waals surface area (Å²) in [5, 5.41) is 7.89. The van der Waals surface area contributed by atoms with Crippen LogP contribution in [0.25, 0.3) is 0 Å². The van der Waals surface area contributed by atoms with Crippen LogP contribution < -0.4 is 5.32 Å². The maximum absolute atomic E-state index is 4.25. The van der Waals surface area contributed by atoms with Crippen LogP contribution >= 0.6 is 11.5 Å². The first-order valence-electron chi connectivity index (χ1n) is 7.34. The highest BCUT2D eigenvalue weighted by molar-refractivity contribution is 7.05. The average Bonchev–Trinajstić information content (AvgIpc) is 2.94. The fourth-order valence-corrected chi connectivity index (χ4v) is 3.07. The molecule has 2 rings (SSSR count). The minimum atomic E-state index is 0.326. The monoisotopic (exact) mass is 289 g/mol. The predicted molar refractivity (Wildman–Crippen MR) is 85.2 cm³/mol. The number of nitrogens with one attached hydrogen (secondary N) is 1. The van der Waals surface area contributed by atoms with Crippen LogP contribution in [0.5, 0.6) is 0 Å². The highest BCUT2D eigenvalue weighted by atomic mass is 32.1. The van der Waals surface area contributed by atoms with E-state index in [1.54, 1.807) is 0 Å². The predicted octanol–water partition coefficient (Wildman–Crippen LogP) is 3.69. The molecular formula is C16H23N3S. The van der Waals surface area contributed by atoms with Crippen LogP contribution in [0.3, 0.4) is 0 Å². The molecule has 0 saturated heterocycles. The molecule has 4 heteroatoms. The van der Waals surface area contributed by atoms with Crippen LogP contribution in [0.15, 0.2) is 24.3 Å². The van der Waals surface area contributed by atoms with Crippen LogP contribution in [0.1, 0.15) is 48.0 Å². The first-order chi connectivity index (χ1) is 9.74. The Morgan fingerprint density at radius 1 is 1.20 bits per heavy atom. The number of hydrogen-bond donors (Lipinski definition) is 1. The van der Waals surface area contributed by atoms with E-state index in [1.165, 1.54) is 27.5 Å². The zero-order valence-electron chi connectivity index (χ0n) is 12.5. The third kappa shape index (κ3) is 3.87. The lowest BCUT2D eigenvalue weighted by Crippen LogP contribution is -2.24. The Morgan fingerprint density at radius 2 is 1.95 bits per heavy atom. The molecule has 0 radical (unpaired) electrons. The fourth-order valence-electron chi connectivity index (χ4n) is 2.26. The third-order valence-electron chi connectivity index (χ3n) is 3.44. The van der Waals surface area contributed by atoms with Gasteiger partial charge in [0, 0.05) is 6.04 Å². The first kappa shape index (κ1) is 15.1. The summed E-state index contributed by atoms with van der Waals surface area (Å²) in [6.07, 6.45) is 3.08. The number of hydrogen-bond acceptors (Lipinski definition) is 4. The van der Waals surface area contributed by atoms with Crippen molar-refractivity contribution in [2.24, 2.45) is 0 Å². The summed E-state index contributed by atoms with van der Waals surface area (Å²) in [7, 11) is 0. The fraction of sp³-hybridized carbons (Fsp3) is 0.500. The van der Waals surface area contributed by atoms with Crippen LogP contribution in [-0.4, -0.2) is 16.1 Å². The van der Waals surface area contributed by atoms with E-state index in [0.29, 0.717) is 6.04 Å². The van der Waals surface area contributed by atoms with Gasteiger partial charge in [0.25, 0.3) is 0 Å². The van der Waals surface area contributed by atoms with Gasteiger partial charge < -0.3 is 5.32 Å². The molecule has 0 bridgehead atoms. The normalized spacial score (nSPS) is 12.6. The van der Waals surface area contributed by atoms with Gasteiger partial charge in [0.1, 0.15) is 0 Å². The maximum atomic E-state index is 4.25. The molecule has 0 fully saturated rings. The van der Waals surface area contributed by atoms with Crippen LogP contribution in [0.2, 0.25) is 0 Å². The van der Waals surface area contributed by atoms with Crippen LogP contribution in [0.4, 0.5) is 0 Å². The smallest absolute Gasteiger partial charge is 0.0801 e. The average molecular weight is 289 g/mol. The molecule has 20 heavy (non-hydrogen) atoms. The van der Waals surface area contributed by atoms with Gasteiger partial charge in [-0.1, -0.05) is 48.2 Å². The first-order valence-corrected chi connectivity index (χ1v) is 8.12. The Hall–Kier alpha value is -1.26. The number of rotatable bonds is 7. The Kier molecular flexibility index (Phi) is 5.68. The highest BCUT2D eigenvalue weighted by Gasteiger charge is 2.18. The van der Waals surface area contributed by atoms with Crippen molar-refractivity contribution >= 4 is 11.5 Å². The van der Waals surface area contributed by atoms with Crippen molar-refractivity contribution in [1.82, 2.24) is 14.9 Å². The lowest BCUT2D eigenvalue weighted by atomic mass is 10.0. The quantitative estimate of drug-likeness (QED) is 0.844. The van der Waals surface area contributed by atoms with Crippen molar-refractivity contribution in [3.05, 3.63) is 46.0 Å². The summed E-state index contributed by atoms with van der Waals surface area (Å²) in [5.41, 5.74) is 3.80. The van der Waals surface area contributed by atoms with E-state index in [-0.39, 0.29) is 0 Å². The second-order valence-corrected chi connectivity index (χ2v) is 5.92. The van der Waals surface area contributed by atoms with E-state index in [1.807, 2.05) is 0 Å². The van der Waals surface area contributed by atoms with E-state index in [4.69, 9.17) is 0 Å². The second-order valence-electron chi connectivity index (χ2n) is 5.13. The van der Waals surface area contributed by atoms with Gasteiger partial charge in [-0.25, -0.2) is 0 Å². The van der Waals surface area contributed by atoms with Gasteiger partial charge in [-0.15, -0.1) is 5.10 Å². The molecule has 1 aromatic carbocycles. The van der Waals surface area contributed by atoms with Gasteiger partial charge in [0.15, 0.2) is 0 Å². The molecule has 2 aromatic rings. The molecule has 3 nitrogen and oxygen atoms in total. The minimum absolute atomic E-state index is 0.326. The second kappa shape index (κ2) is 7.50. The molecule has 1 unspecified atom stereocenters. The zero-order valence-corrected chi connectivity index (χ0v) is 13.3. The third-order valence-corrected chi connectivity index (χ3v) is 4.32. The SMILES string of the molecule is CCCNC(Cc1ccc(C)cc1)c1snnc1CC. The zero-order chi connectivity index (χ0) is 14.4. The van der Waals surface area contributed by atoms with Crippen molar-refractivity contribution in [3.63, 3.8) is 0 Å². The summed E-state index contributed by atoms with van der Waals surface area (Å²) in [5.74, 6) is 0. The Bertz CT molecular complexity index is 519. The molecule has 0 aliphatic heterocycles. The van der Waals surface area contributed by atoms with Crippen molar-refractivity contribution in [1.29, 1.82) is 0 Å². The number of aromatic nitrogens is 2. The van der Waals surface area contributed by atoms with Gasteiger partial charge in [-0.3, -0.25) is 0 Å². The summed E-state index contributed by atoms with van der Waals surface area (Å²) >= 11 is 1.53. The number of benzene rings is 1. The lowest BCUT2D eigenvalue weighted by Gasteiger charge is -2.18. The Labute approximate surface area is 125 Å². The van der Waals surface area contributed by atoms with Gasteiger partial charge in [0.2, 0.25) is 0 Å². The van der Waals surface area contributed by atoms with Gasteiger partial charge in [-0.05, 0) is 49.8 Å².